The van der Waals surface area contributed by atoms with Gasteiger partial charge in [-0.15, -0.1) is 0 Å². The van der Waals surface area contributed by atoms with Crippen LogP contribution in [0.5, 0.6) is 0 Å². The van der Waals surface area contributed by atoms with Gasteiger partial charge in [0.05, 0.1) is 11.4 Å². The molecule has 1 unspecified atom stereocenters. The summed E-state index contributed by atoms with van der Waals surface area (Å²) in [4.78, 5) is 30.5. The number of nitrogens with zero attached hydrogens (tertiary/aromatic N) is 2. The number of hydrogen-bond donors (Lipinski definition) is 1. The summed E-state index contributed by atoms with van der Waals surface area (Å²) in [5.74, 6) is -2.08. The SMILES string of the molecule is CC[C@H](C)C1N=C(c2ccccc2)c2cc(F)ccc2N(CC(=O)O)C1=O. The van der Waals surface area contributed by atoms with E-state index >= 15 is 0 Å². The Bertz CT molecular complexity index is 896. The van der Waals surface area contributed by atoms with Gasteiger partial charge in [0, 0.05) is 11.1 Å². The van der Waals surface area contributed by atoms with Crippen LogP contribution in [0.2, 0.25) is 0 Å². The summed E-state index contributed by atoms with van der Waals surface area (Å²) in [5, 5.41) is 9.32. The molecule has 1 aliphatic heterocycles. The van der Waals surface area contributed by atoms with Gasteiger partial charge in [0.1, 0.15) is 18.4 Å². The monoisotopic (exact) mass is 368 g/mol. The first-order valence-electron chi connectivity index (χ1n) is 8.88. The number of benzodiazepines with no additional fused rings is 1. The van der Waals surface area contributed by atoms with Crippen molar-refractivity contribution < 1.29 is 19.1 Å². The number of carboxylic acid groups (broad SMARTS) is 1. The molecular formula is C21H21FN2O3. The molecule has 3 rings (SSSR count). The highest BCUT2D eigenvalue weighted by atomic mass is 19.1. The minimum Gasteiger partial charge on any atom is -0.480 e. The number of carbonyl (C=O) groups excluding carboxylic acids is 1. The van der Waals surface area contributed by atoms with Gasteiger partial charge in [0.15, 0.2) is 0 Å². The minimum atomic E-state index is -1.13. The fraction of sp³-hybridized carbons (Fsp3) is 0.286. The Morgan fingerprint density at radius 1 is 1.26 bits per heavy atom. The van der Waals surface area contributed by atoms with E-state index in [1.807, 2.05) is 44.2 Å². The van der Waals surface area contributed by atoms with Gasteiger partial charge in [-0.2, -0.15) is 0 Å². The first-order chi connectivity index (χ1) is 12.9. The van der Waals surface area contributed by atoms with Crippen LogP contribution in [-0.4, -0.2) is 35.3 Å². The summed E-state index contributed by atoms with van der Waals surface area (Å²) in [7, 11) is 0. The highest BCUT2D eigenvalue weighted by Crippen LogP contribution is 2.31. The molecule has 2 aromatic carbocycles. The molecule has 2 aromatic rings. The Morgan fingerprint density at radius 3 is 2.59 bits per heavy atom. The van der Waals surface area contributed by atoms with Gasteiger partial charge < -0.3 is 5.11 Å². The molecular weight excluding hydrogens is 347 g/mol. The maximum Gasteiger partial charge on any atom is 0.323 e. The molecule has 1 heterocycles. The van der Waals surface area contributed by atoms with Crippen LogP contribution in [0.25, 0.3) is 0 Å². The molecule has 0 aliphatic carbocycles. The number of carbonyl (C=O) groups is 2. The zero-order valence-electron chi connectivity index (χ0n) is 15.2. The number of aliphatic imine (C=N–C) groups is 1. The molecule has 0 saturated carbocycles. The summed E-state index contributed by atoms with van der Waals surface area (Å²) < 4.78 is 14.1. The van der Waals surface area contributed by atoms with Crippen LogP contribution in [-0.2, 0) is 9.59 Å². The maximum atomic E-state index is 14.1. The maximum absolute atomic E-state index is 14.1. The van der Waals surface area contributed by atoms with Gasteiger partial charge in [-0.05, 0) is 24.1 Å². The van der Waals surface area contributed by atoms with E-state index in [1.165, 1.54) is 23.1 Å². The fourth-order valence-corrected chi connectivity index (χ4v) is 3.19. The first kappa shape index (κ1) is 18.8. The van der Waals surface area contributed by atoms with Gasteiger partial charge in [-0.3, -0.25) is 19.5 Å². The topological polar surface area (TPSA) is 70.0 Å². The van der Waals surface area contributed by atoms with Crippen LogP contribution < -0.4 is 4.90 Å². The number of carboxylic acids is 1. The van der Waals surface area contributed by atoms with E-state index in [1.54, 1.807) is 0 Å². The van der Waals surface area contributed by atoms with Gasteiger partial charge in [-0.25, -0.2) is 4.39 Å². The zero-order valence-corrected chi connectivity index (χ0v) is 15.2. The van der Waals surface area contributed by atoms with Crippen molar-refractivity contribution in [2.24, 2.45) is 10.9 Å². The Morgan fingerprint density at radius 2 is 1.96 bits per heavy atom. The molecule has 0 fully saturated rings. The fourth-order valence-electron chi connectivity index (χ4n) is 3.19. The molecule has 27 heavy (non-hydrogen) atoms. The van der Waals surface area contributed by atoms with Gasteiger partial charge >= 0.3 is 5.97 Å². The lowest BCUT2D eigenvalue weighted by atomic mass is 9.98. The summed E-state index contributed by atoms with van der Waals surface area (Å²) in [5.41, 5.74) is 2.03. The number of aliphatic carboxylic acids is 1. The smallest absolute Gasteiger partial charge is 0.323 e. The molecule has 2 atom stereocenters. The van der Waals surface area contributed by atoms with E-state index in [0.717, 1.165) is 5.56 Å². The molecule has 1 aliphatic rings. The van der Waals surface area contributed by atoms with Crippen LogP contribution in [0.4, 0.5) is 10.1 Å². The van der Waals surface area contributed by atoms with Crippen LogP contribution in [0.1, 0.15) is 31.4 Å². The Balaban J connectivity index is 2.27. The number of benzene rings is 2. The number of fused-ring (bicyclic) bond motifs is 1. The summed E-state index contributed by atoms with van der Waals surface area (Å²) >= 11 is 0. The van der Waals surface area contributed by atoms with Crippen molar-refractivity contribution in [1.82, 2.24) is 0 Å². The van der Waals surface area contributed by atoms with Crippen LogP contribution in [0.3, 0.4) is 0 Å². The second-order valence-corrected chi connectivity index (χ2v) is 6.65. The van der Waals surface area contributed by atoms with Crippen LogP contribution >= 0.6 is 0 Å². The summed E-state index contributed by atoms with van der Waals surface area (Å²) in [6, 6.07) is 12.5. The quantitative estimate of drug-likeness (QED) is 0.878. The second kappa shape index (κ2) is 7.70. The Kier molecular flexibility index (Phi) is 5.35. The molecule has 0 saturated heterocycles. The lowest BCUT2D eigenvalue weighted by Gasteiger charge is -2.25. The van der Waals surface area contributed by atoms with E-state index in [0.29, 0.717) is 23.4 Å². The standard InChI is InChI=1S/C21H21FN2O3/c1-3-13(2)19-21(27)24(12-18(25)26)17-10-9-15(22)11-16(17)20(23-19)14-7-5-4-6-8-14/h4-11,13,19H,3,12H2,1-2H3,(H,25,26)/t13-,19?/m0/s1. The third-order valence-electron chi connectivity index (χ3n) is 4.82. The lowest BCUT2D eigenvalue weighted by Crippen LogP contribution is -2.43. The number of hydrogen-bond acceptors (Lipinski definition) is 3. The van der Waals surface area contributed by atoms with Gasteiger partial charge in [0.2, 0.25) is 0 Å². The zero-order chi connectivity index (χ0) is 19.6. The van der Waals surface area contributed by atoms with Crippen molar-refractivity contribution in [3.8, 4) is 0 Å². The summed E-state index contributed by atoms with van der Waals surface area (Å²) in [6.07, 6.45) is 0.702. The Labute approximate surface area is 157 Å². The van der Waals surface area contributed by atoms with Crippen molar-refractivity contribution in [1.29, 1.82) is 0 Å². The van der Waals surface area contributed by atoms with E-state index in [4.69, 9.17) is 4.99 Å². The molecule has 0 bridgehead atoms. The van der Waals surface area contributed by atoms with E-state index in [2.05, 4.69) is 0 Å². The number of rotatable bonds is 5. The highest BCUT2D eigenvalue weighted by molar-refractivity contribution is 6.20. The normalized spacial score (nSPS) is 17.7. The molecule has 1 N–H and O–H groups in total. The number of anilines is 1. The van der Waals surface area contributed by atoms with Crippen molar-refractivity contribution in [2.45, 2.75) is 26.3 Å². The van der Waals surface area contributed by atoms with Crippen LogP contribution in [0, 0.1) is 11.7 Å². The summed E-state index contributed by atoms with van der Waals surface area (Å²) in [6.45, 7) is 3.36. The predicted octanol–water partition coefficient (Wildman–Crippen LogP) is 3.51. The van der Waals surface area contributed by atoms with E-state index < -0.39 is 24.4 Å². The molecule has 0 spiro atoms. The average Bonchev–Trinajstić information content (AvgIpc) is 2.77. The molecule has 5 nitrogen and oxygen atoms in total. The van der Waals surface area contributed by atoms with Gasteiger partial charge in [-0.1, -0.05) is 50.6 Å². The van der Waals surface area contributed by atoms with Crippen molar-refractivity contribution >= 4 is 23.3 Å². The predicted molar refractivity (Wildman–Crippen MR) is 102 cm³/mol. The minimum absolute atomic E-state index is 0.0910. The molecule has 140 valence electrons. The first-order valence-corrected chi connectivity index (χ1v) is 8.88. The highest BCUT2D eigenvalue weighted by Gasteiger charge is 2.35. The van der Waals surface area contributed by atoms with Crippen molar-refractivity contribution in [2.75, 3.05) is 11.4 Å². The largest absolute Gasteiger partial charge is 0.480 e. The number of halogens is 1. The second-order valence-electron chi connectivity index (χ2n) is 6.65. The molecule has 1 amide bonds. The third kappa shape index (κ3) is 3.74. The number of amides is 1. The molecule has 0 aromatic heterocycles. The third-order valence-corrected chi connectivity index (χ3v) is 4.82. The van der Waals surface area contributed by atoms with E-state index in [-0.39, 0.29) is 11.8 Å². The van der Waals surface area contributed by atoms with E-state index in [9.17, 15) is 19.1 Å². The average molecular weight is 368 g/mol. The Hall–Kier alpha value is -3.02. The lowest BCUT2D eigenvalue weighted by molar-refractivity contribution is -0.136. The van der Waals surface area contributed by atoms with Crippen LogP contribution in [0.15, 0.2) is 53.5 Å². The van der Waals surface area contributed by atoms with Crippen molar-refractivity contribution in [3.05, 3.63) is 65.5 Å². The molecule has 0 radical (unpaired) electrons. The molecule has 6 heteroatoms. The van der Waals surface area contributed by atoms with Gasteiger partial charge in [0.25, 0.3) is 5.91 Å². The van der Waals surface area contributed by atoms with Crippen molar-refractivity contribution in [3.63, 3.8) is 0 Å².